The summed E-state index contributed by atoms with van der Waals surface area (Å²) < 4.78 is 0.898. The van der Waals surface area contributed by atoms with Gasteiger partial charge in [-0.05, 0) is 47.8 Å². The van der Waals surface area contributed by atoms with Gasteiger partial charge >= 0.3 is 0 Å². The molecule has 4 nitrogen and oxygen atoms in total. The summed E-state index contributed by atoms with van der Waals surface area (Å²) >= 11 is 3.30. The number of carbonyl (C=O) groups is 1. The average Bonchev–Trinajstić information content (AvgIpc) is 2.89. The van der Waals surface area contributed by atoms with Crippen molar-refractivity contribution in [2.45, 2.75) is 25.3 Å². The number of carbonyl (C=O) groups excluding carboxylic acids is 1. The van der Waals surface area contributed by atoms with Gasteiger partial charge in [-0.1, -0.05) is 0 Å². The molecule has 2 heterocycles. The maximum absolute atomic E-state index is 11.6. The molecular formula is C11H16BrN3O. The van der Waals surface area contributed by atoms with Crippen molar-refractivity contribution in [1.29, 1.82) is 0 Å². The third-order valence-corrected chi connectivity index (χ3v) is 3.29. The van der Waals surface area contributed by atoms with Gasteiger partial charge < -0.3 is 15.6 Å². The lowest BCUT2D eigenvalue weighted by Gasteiger charge is -2.10. The zero-order chi connectivity index (χ0) is 11.4. The van der Waals surface area contributed by atoms with Gasteiger partial charge in [-0.25, -0.2) is 0 Å². The van der Waals surface area contributed by atoms with Crippen LogP contribution in [0.25, 0.3) is 0 Å². The van der Waals surface area contributed by atoms with E-state index in [1.54, 1.807) is 12.3 Å². The molecule has 1 unspecified atom stereocenters. The van der Waals surface area contributed by atoms with Crippen LogP contribution in [0.1, 0.15) is 29.8 Å². The monoisotopic (exact) mass is 285 g/mol. The second-order valence-corrected chi connectivity index (χ2v) is 4.99. The Balaban J connectivity index is 1.71. The summed E-state index contributed by atoms with van der Waals surface area (Å²) in [5, 5.41) is 6.32. The first-order chi connectivity index (χ1) is 7.75. The first-order valence-corrected chi connectivity index (χ1v) is 6.40. The Morgan fingerprint density at radius 3 is 3.12 bits per heavy atom. The van der Waals surface area contributed by atoms with Crippen molar-refractivity contribution in [3.05, 3.63) is 22.4 Å². The number of rotatable bonds is 4. The molecule has 0 radical (unpaired) electrons. The van der Waals surface area contributed by atoms with E-state index in [1.807, 2.05) is 0 Å². The first-order valence-electron chi connectivity index (χ1n) is 5.61. The van der Waals surface area contributed by atoms with Gasteiger partial charge in [0.2, 0.25) is 0 Å². The fourth-order valence-corrected chi connectivity index (χ4v) is 2.30. The molecule has 5 heteroatoms. The van der Waals surface area contributed by atoms with Crippen LogP contribution in [0.2, 0.25) is 0 Å². The molecule has 1 amide bonds. The van der Waals surface area contributed by atoms with Crippen molar-refractivity contribution < 1.29 is 4.79 Å². The highest BCUT2D eigenvalue weighted by atomic mass is 79.9. The van der Waals surface area contributed by atoms with Crippen molar-refractivity contribution in [2.75, 3.05) is 13.1 Å². The van der Waals surface area contributed by atoms with Crippen LogP contribution in [-0.2, 0) is 0 Å². The third kappa shape index (κ3) is 3.09. The number of amides is 1. The second kappa shape index (κ2) is 5.50. The maximum Gasteiger partial charge on any atom is 0.267 e. The SMILES string of the molecule is O=C(NCCC1CCCN1)c1cc(Br)c[nH]1. The molecule has 1 aliphatic heterocycles. The molecule has 2 rings (SSSR count). The third-order valence-electron chi connectivity index (χ3n) is 2.83. The van der Waals surface area contributed by atoms with E-state index >= 15 is 0 Å². The quantitative estimate of drug-likeness (QED) is 0.788. The maximum atomic E-state index is 11.6. The number of nitrogens with one attached hydrogen (secondary N) is 3. The highest BCUT2D eigenvalue weighted by molar-refractivity contribution is 9.10. The van der Waals surface area contributed by atoms with Gasteiger partial charge in [-0.2, -0.15) is 0 Å². The Kier molecular flexibility index (Phi) is 4.01. The summed E-state index contributed by atoms with van der Waals surface area (Å²) in [5.74, 6) is -0.0382. The molecule has 1 aromatic heterocycles. The second-order valence-electron chi connectivity index (χ2n) is 4.07. The minimum Gasteiger partial charge on any atom is -0.356 e. The molecule has 0 aromatic carbocycles. The lowest BCUT2D eigenvalue weighted by molar-refractivity contribution is 0.0948. The Morgan fingerprint density at radius 2 is 2.50 bits per heavy atom. The normalized spacial score (nSPS) is 19.9. The molecule has 0 aliphatic carbocycles. The minimum absolute atomic E-state index is 0.0382. The van der Waals surface area contributed by atoms with E-state index in [9.17, 15) is 4.79 Å². The van der Waals surface area contributed by atoms with E-state index < -0.39 is 0 Å². The van der Waals surface area contributed by atoms with Crippen LogP contribution in [0.5, 0.6) is 0 Å². The van der Waals surface area contributed by atoms with Crippen LogP contribution in [-0.4, -0.2) is 30.0 Å². The van der Waals surface area contributed by atoms with Crippen molar-refractivity contribution in [3.63, 3.8) is 0 Å². The van der Waals surface area contributed by atoms with Crippen LogP contribution in [0, 0.1) is 0 Å². The van der Waals surface area contributed by atoms with Crippen molar-refractivity contribution in [3.8, 4) is 0 Å². The average molecular weight is 286 g/mol. The molecule has 1 fully saturated rings. The Morgan fingerprint density at radius 1 is 1.62 bits per heavy atom. The standard InChI is InChI=1S/C11H16BrN3O/c12-8-6-10(15-7-8)11(16)14-5-3-9-2-1-4-13-9/h6-7,9,13,15H,1-5H2,(H,14,16). The summed E-state index contributed by atoms with van der Waals surface area (Å²) in [5.41, 5.74) is 0.603. The van der Waals surface area contributed by atoms with Gasteiger partial charge in [0.15, 0.2) is 0 Å². The zero-order valence-corrected chi connectivity index (χ0v) is 10.6. The largest absolute Gasteiger partial charge is 0.356 e. The number of halogens is 1. The lowest BCUT2D eigenvalue weighted by atomic mass is 10.1. The number of aromatic nitrogens is 1. The number of hydrogen-bond acceptors (Lipinski definition) is 2. The number of aromatic amines is 1. The van der Waals surface area contributed by atoms with Crippen LogP contribution in [0.4, 0.5) is 0 Å². The lowest BCUT2D eigenvalue weighted by Crippen LogP contribution is -2.30. The summed E-state index contributed by atoms with van der Waals surface area (Å²) in [6, 6.07) is 2.36. The molecule has 88 valence electrons. The molecule has 3 N–H and O–H groups in total. The van der Waals surface area contributed by atoms with Gasteiger partial charge in [-0.3, -0.25) is 4.79 Å². The molecule has 1 saturated heterocycles. The minimum atomic E-state index is -0.0382. The summed E-state index contributed by atoms with van der Waals surface area (Å²) in [4.78, 5) is 14.6. The summed E-state index contributed by atoms with van der Waals surface area (Å²) in [6.07, 6.45) is 5.24. The van der Waals surface area contributed by atoms with Gasteiger partial charge in [0.05, 0.1) is 0 Å². The first kappa shape index (κ1) is 11.7. The Bertz CT molecular complexity index is 358. The molecule has 0 spiro atoms. The predicted molar refractivity (Wildman–Crippen MR) is 66.5 cm³/mol. The van der Waals surface area contributed by atoms with Crippen LogP contribution < -0.4 is 10.6 Å². The molecule has 16 heavy (non-hydrogen) atoms. The van der Waals surface area contributed by atoms with Crippen molar-refractivity contribution in [2.24, 2.45) is 0 Å². The van der Waals surface area contributed by atoms with Crippen molar-refractivity contribution >= 4 is 21.8 Å². The molecule has 1 aromatic rings. The summed E-state index contributed by atoms with van der Waals surface area (Å²) in [7, 11) is 0. The van der Waals surface area contributed by atoms with Crippen LogP contribution in [0.15, 0.2) is 16.7 Å². The van der Waals surface area contributed by atoms with Crippen LogP contribution in [0.3, 0.4) is 0 Å². The van der Waals surface area contributed by atoms with E-state index in [0.29, 0.717) is 11.7 Å². The fraction of sp³-hybridized carbons (Fsp3) is 0.545. The number of H-pyrrole nitrogens is 1. The van der Waals surface area contributed by atoms with E-state index in [1.165, 1.54) is 12.8 Å². The summed E-state index contributed by atoms with van der Waals surface area (Å²) in [6.45, 7) is 1.84. The van der Waals surface area contributed by atoms with Crippen LogP contribution >= 0.6 is 15.9 Å². The molecule has 1 atom stereocenters. The van der Waals surface area contributed by atoms with E-state index in [-0.39, 0.29) is 5.91 Å². The smallest absolute Gasteiger partial charge is 0.267 e. The van der Waals surface area contributed by atoms with E-state index in [2.05, 4.69) is 31.5 Å². The van der Waals surface area contributed by atoms with Gasteiger partial charge in [0.25, 0.3) is 5.91 Å². The van der Waals surface area contributed by atoms with Gasteiger partial charge in [0.1, 0.15) is 5.69 Å². The fourth-order valence-electron chi connectivity index (χ4n) is 1.96. The van der Waals surface area contributed by atoms with E-state index in [4.69, 9.17) is 0 Å². The van der Waals surface area contributed by atoms with Gasteiger partial charge in [-0.15, -0.1) is 0 Å². The topological polar surface area (TPSA) is 56.9 Å². The highest BCUT2D eigenvalue weighted by Gasteiger charge is 2.14. The molecular weight excluding hydrogens is 270 g/mol. The van der Waals surface area contributed by atoms with Crippen molar-refractivity contribution in [1.82, 2.24) is 15.6 Å². The molecule has 0 saturated carbocycles. The Labute approximate surface area is 103 Å². The highest BCUT2D eigenvalue weighted by Crippen LogP contribution is 2.11. The van der Waals surface area contributed by atoms with Gasteiger partial charge in [0, 0.05) is 23.3 Å². The van der Waals surface area contributed by atoms with E-state index in [0.717, 1.165) is 24.0 Å². The Hall–Kier alpha value is -0.810. The predicted octanol–water partition coefficient (Wildman–Crippen LogP) is 1.65. The number of hydrogen-bond donors (Lipinski definition) is 3. The molecule has 0 bridgehead atoms. The zero-order valence-electron chi connectivity index (χ0n) is 9.05. The molecule has 1 aliphatic rings.